The highest BCUT2D eigenvalue weighted by Crippen LogP contribution is 2.24. The Labute approximate surface area is 183 Å². The van der Waals surface area contributed by atoms with E-state index in [4.69, 9.17) is 0 Å². The Morgan fingerprint density at radius 3 is 2.32 bits per heavy atom. The predicted molar refractivity (Wildman–Crippen MR) is 122 cm³/mol. The summed E-state index contributed by atoms with van der Waals surface area (Å²) in [5.74, 6) is 0.543. The van der Waals surface area contributed by atoms with Gasteiger partial charge in [-0.05, 0) is 24.3 Å². The van der Waals surface area contributed by atoms with Crippen molar-refractivity contribution in [3.63, 3.8) is 0 Å². The second-order valence-corrected chi connectivity index (χ2v) is 8.22. The molecule has 7 heteroatoms. The van der Waals surface area contributed by atoms with Gasteiger partial charge in [-0.15, -0.1) is 16.4 Å². The fraction of sp³-hybridized carbons (Fsp3) is 0.0833. The van der Waals surface area contributed by atoms with Crippen molar-refractivity contribution >= 4 is 27.5 Å². The van der Waals surface area contributed by atoms with Gasteiger partial charge in [-0.2, -0.15) is 0 Å². The van der Waals surface area contributed by atoms with Crippen molar-refractivity contribution in [2.75, 3.05) is 7.05 Å². The molecule has 0 bridgehead atoms. The number of carbonyl (C=O) groups excluding carboxylic acids is 1. The molecule has 0 unspecified atom stereocenters. The number of fused-ring (bicyclic) bond motifs is 1. The molecule has 5 aromatic rings. The molecule has 2 aromatic heterocycles. The molecule has 0 N–H and O–H groups in total. The zero-order valence-electron chi connectivity index (χ0n) is 16.8. The number of aromatic nitrogens is 4. The van der Waals surface area contributed by atoms with E-state index in [-0.39, 0.29) is 11.7 Å². The van der Waals surface area contributed by atoms with Gasteiger partial charge in [-0.25, -0.2) is 14.6 Å². The maximum atomic E-state index is 13.2. The number of hydrogen-bond acceptors (Lipinski definition) is 5. The van der Waals surface area contributed by atoms with Crippen molar-refractivity contribution in [1.82, 2.24) is 24.6 Å². The van der Waals surface area contributed by atoms with E-state index in [1.807, 2.05) is 84.9 Å². The summed E-state index contributed by atoms with van der Waals surface area (Å²) < 4.78 is 2.82. The minimum absolute atomic E-state index is 0.159. The number of rotatable bonds is 5. The van der Waals surface area contributed by atoms with Crippen molar-refractivity contribution in [2.24, 2.45) is 0 Å². The van der Waals surface area contributed by atoms with Crippen LogP contribution >= 0.6 is 11.3 Å². The molecule has 0 radical (unpaired) electrons. The van der Waals surface area contributed by atoms with Gasteiger partial charge in [-0.1, -0.05) is 60.7 Å². The maximum Gasteiger partial charge on any atom is 0.293 e. The molecule has 152 valence electrons. The highest BCUT2D eigenvalue weighted by Gasteiger charge is 2.22. The van der Waals surface area contributed by atoms with Crippen molar-refractivity contribution in [3.8, 4) is 17.1 Å². The molecular weight excluding hydrogens is 406 g/mol. The van der Waals surface area contributed by atoms with Crippen LogP contribution in [0.3, 0.4) is 0 Å². The van der Waals surface area contributed by atoms with Gasteiger partial charge in [0.25, 0.3) is 5.91 Å². The van der Waals surface area contributed by atoms with Crippen LogP contribution in [0.15, 0.2) is 84.9 Å². The molecule has 0 saturated heterocycles. The molecule has 1 amide bonds. The Balaban J connectivity index is 1.47. The minimum atomic E-state index is -0.244. The second kappa shape index (κ2) is 8.12. The van der Waals surface area contributed by atoms with Gasteiger partial charge in [0.2, 0.25) is 5.82 Å². The number of hydrogen-bond donors (Lipinski definition) is 0. The molecule has 0 atom stereocenters. The summed E-state index contributed by atoms with van der Waals surface area (Å²) in [5, 5.41) is 5.44. The van der Waals surface area contributed by atoms with E-state index in [1.165, 1.54) is 0 Å². The monoisotopic (exact) mass is 425 g/mol. The first-order chi connectivity index (χ1) is 15.2. The molecule has 2 heterocycles. The second-order valence-electron chi connectivity index (χ2n) is 7.11. The lowest BCUT2D eigenvalue weighted by Gasteiger charge is -2.13. The number of benzene rings is 3. The Morgan fingerprint density at radius 2 is 1.58 bits per heavy atom. The SMILES string of the molecule is CN(Cc1nc2ccccc2s1)C(=O)c1nc(-c2ccccc2)n(-c2ccccc2)n1. The summed E-state index contributed by atoms with van der Waals surface area (Å²) in [4.78, 5) is 24.0. The summed E-state index contributed by atoms with van der Waals surface area (Å²) in [7, 11) is 1.75. The Bertz CT molecular complexity index is 1250. The van der Waals surface area contributed by atoms with Gasteiger partial charge >= 0.3 is 0 Å². The molecular formula is C24H19N5OS. The minimum Gasteiger partial charge on any atom is -0.332 e. The van der Waals surface area contributed by atoms with Crippen LogP contribution in [-0.4, -0.2) is 37.6 Å². The van der Waals surface area contributed by atoms with Crippen LogP contribution in [0, 0.1) is 0 Å². The fourth-order valence-corrected chi connectivity index (χ4v) is 4.38. The highest BCUT2D eigenvalue weighted by molar-refractivity contribution is 7.18. The van der Waals surface area contributed by atoms with Crippen LogP contribution in [0.2, 0.25) is 0 Å². The smallest absolute Gasteiger partial charge is 0.293 e. The van der Waals surface area contributed by atoms with E-state index in [0.717, 1.165) is 26.5 Å². The molecule has 31 heavy (non-hydrogen) atoms. The van der Waals surface area contributed by atoms with Crippen molar-refractivity contribution in [1.29, 1.82) is 0 Å². The summed E-state index contributed by atoms with van der Waals surface area (Å²) >= 11 is 1.59. The van der Waals surface area contributed by atoms with Crippen LogP contribution in [0.1, 0.15) is 15.6 Å². The van der Waals surface area contributed by atoms with Gasteiger partial charge in [0.05, 0.1) is 22.4 Å². The fourth-order valence-electron chi connectivity index (χ4n) is 3.36. The quantitative estimate of drug-likeness (QED) is 0.405. The van der Waals surface area contributed by atoms with Gasteiger partial charge in [-0.3, -0.25) is 4.79 Å². The lowest BCUT2D eigenvalue weighted by molar-refractivity contribution is 0.0773. The summed E-state index contributed by atoms with van der Waals surface area (Å²) in [6.45, 7) is 0.402. The normalized spacial score (nSPS) is 11.0. The first-order valence-corrected chi connectivity index (χ1v) is 10.7. The van der Waals surface area contributed by atoms with Crippen LogP contribution in [-0.2, 0) is 6.54 Å². The number of nitrogens with zero attached hydrogens (tertiary/aromatic N) is 5. The predicted octanol–water partition coefficient (Wildman–Crippen LogP) is 4.82. The van der Waals surface area contributed by atoms with Crippen LogP contribution in [0.25, 0.3) is 27.3 Å². The van der Waals surface area contributed by atoms with E-state index >= 15 is 0 Å². The molecule has 6 nitrogen and oxygen atoms in total. The summed E-state index contributed by atoms with van der Waals surface area (Å²) in [6, 6.07) is 27.4. The third kappa shape index (κ3) is 3.83. The molecule has 0 spiro atoms. The molecule has 0 aliphatic carbocycles. The Morgan fingerprint density at radius 1 is 0.903 bits per heavy atom. The van der Waals surface area contributed by atoms with E-state index in [1.54, 1.807) is 28.0 Å². The van der Waals surface area contributed by atoms with Crippen LogP contribution in [0.4, 0.5) is 0 Å². The first-order valence-electron chi connectivity index (χ1n) is 9.87. The molecule has 0 aliphatic rings. The van der Waals surface area contributed by atoms with E-state index in [9.17, 15) is 4.79 Å². The average Bonchev–Trinajstić information content (AvgIpc) is 3.44. The van der Waals surface area contributed by atoms with Crippen molar-refractivity contribution in [3.05, 3.63) is 95.8 Å². The van der Waals surface area contributed by atoms with Crippen LogP contribution in [0.5, 0.6) is 0 Å². The van der Waals surface area contributed by atoms with E-state index in [0.29, 0.717) is 12.4 Å². The molecule has 3 aromatic carbocycles. The lowest BCUT2D eigenvalue weighted by Crippen LogP contribution is -2.27. The molecule has 0 fully saturated rings. The lowest BCUT2D eigenvalue weighted by atomic mass is 10.2. The van der Waals surface area contributed by atoms with Crippen molar-refractivity contribution < 1.29 is 4.79 Å². The third-order valence-corrected chi connectivity index (χ3v) is 5.91. The van der Waals surface area contributed by atoms with Gasteiger partial charge in [0.1, 0.15) is 5.01 Å². The summed E-state index contributed by atoms with van der Waals surface area (Å²) in [5.41, 5.74) is 2.69. The van der Waals surface area contributed by atoms with E-state index in [2.05, 4.69) is 15.1 Å². The zero-order valence-corrected chi connectivity index (χ0v) is 17.7. The molecule has 0 saturated carbocycles. The van der Waals surface area contributed by atoms with Gasteiger partial charge in [0.15, 0.2) is 5.82 Å². The largest absolute Gasteiger partial charge is 0.332 e. The first kappa shape index (κ1) is 19.1. The summed E-state index contributed by atoms with van der Waals surface area (Å²) in [6.07, 6.45) is 0. The number of carbonyl (C=O) groups is 1. The molecule has 0 aliphatic heterocycles. The van der Waals surface area contributed by atoms with Gasteiger partial charge < -0.3 is 4.90 Å². The van der Waals surface area contributed by atoms with Crippen molar-refractivity contribution in [2.45, 2.75) is 6.54 Å². The Hall–Kier alpha value is -3.84. The standard InChI is InChI=1S/C24H19N5OS/c1-28(16-21-25-19-14-8-9-15-20(19)31-21)24(30)22-26-23(17-10-4-2-5-11-17)29(27-22)18-12-6-3-7-13-18/h2-15H,16H2,1H3. The van der Waals surface area contributed by atoms with E-state index < -0.39 is 0 Å². The number of amides is 1. The third-order valence-electron chi connectivity index (χ3n) is 4.89. The number of para-hydroxylation sites is 2. The highest BCUT2D eigenvalue weighted by atomic mass is 32.1. The van der Waals surface area contributed by atoms with Crippen LogP contribution < -0.4 is 0 Å². The topological polar surface area (TPSA) is 63.9 Å². The molecule has 5 rings (SSSR count). The Kier molecular flexibility index (Phi) is 5.01. The van der Waals surface area contributed by atoms with Gasteiger partial charge in [0, 0.05) is 12.6 Å². The number of thiazole rings is 1. The average molecular weight is 426 g/mol. The maximum absolute atomic E-state index is 13.2. The zero-order chi connectivity index (χ0) is 21.2.